The Morgan fingerprint density at radius 1 is 1.69 bits per heavy atom. The van der Waals surface area contributed by atoms with Gasteiger partial charge in [-0.05, 0) is 34.5 Å². The van der Waals surface area contributed by atoms with Gasteiger partial charge in [0.25, 0.3) is 0 Å². The van der Waals surface area contributed by atoms with Crippen molar-refractivity contribution in [1.82, 2.24) is 4.98 Å². The molecule has 0 saturated heterocycles. The average molecular weight is 283 g/mol. The SMILES string of the molecule is CCOC(=O)C(C#N)Cc1cncc(Br)c1. The highest BCUT2D eigenvalue weighted by molar-refractivity contribution is 9.10. The van der Waals surface area contributed by atoms with E-state index >= 15 is 0 Å². The van der Waals surface area contributed by atoms with E-state index in [0.29, 0.717) is 6.42 Å². The highest BCUT2D eigenvalue weighted by Gasteiger charge is 2.19. The summed E-state index contributed by atoms with van der Waals surface area (Å²) in [5, 5.41) is 8.87. The first-order chi connectivity index (χ1) is 7.67. The molecule has 4 nitrogen and oxygen atoms in total. The molecule has 5 heteroatoms. The van der Waals surface area contributed by atoms with Gasteiger partial charge in [0.15, 0.2) is 0 Å². The normalized spacial score (nSPS) is 11.6. The fourth-order valence-corrected chi connectivity index (χ4v) is 1.64. The summed E-state index contributed by atoms with van der Waals surface area (Å²) in [6.45, 7) is 2.00. The minimum Gasteiger partial charge on any atom is -0.465 e. The van der Waals surface area contributed by atoms with Gasteiger partial charge in [-0.2, -0.15) is 5.26 Å². The topological polar surface area (TPSA) is 63.0 Å². The second kappa shape index (κ2) is 6.23. The molecule has 84 valence electrons. The van der Waals surface area contributed by atoms with Crippen LogP contribution in [0.1, 0.15) is 12.5 Å². The van der Waals surface area contributed by atoms with Crippen LogP contribution >= 0.6 is 15.9 Å². The molecule has 0 spiro atoms. The van der Waals surface area contributed by atoms with Gasteiger partial charge >= 0.3 is 5.97 Å². The van der Waals surface area contributed by atoms with Crippen LogP contribution in [0.2, 0.25) is 0 Å². The maximum atomic E-state index is 11.4. The van der Waals surface area contributed by atoms with Gasteiger partial charge in [0, 0.05) is 23.3 Å². The third kappa shape index (κ3) is 3.63. The number of carbonyl (C=O) groups is 1. The number of carbonyl (C=O) groups excluding carboxylic acids is 1. The third-order valence-corrected chi connectivity index (χ3v) is 2.36. The lowest BCUT2D eigenvalue weighted by atomic mass is 10.0. The smallest absolute Gasteiger partial charge is 0.323 e. The van der Waals surface area contributed by atoms with Gasteiger partial charge in [0.1, 0.15) is 5.92 Å². The molecule has 1 heterocycles. The Bertz CT molecular complexity index is 415. The van der Waals surface area contributed by atoms with Crippen LogP contribution in [-0.4, -0.2) is 17.6 Å². The van der Waals surface area contributed by atoms with Crippen LogP contribution in [0.5, 0.6) is 0 Å². The molecule has 0 aromatic carbocycles. The Morgan fingerprint density at radius 3 is 3.00 bits per heavy atom. The molecule has 0 aliphatic rings. The standard InChI is InChI=1S/C11H11BrN2O2/c1-2-16-11(15)9(5-13)3-8-4-10(12)7-14-6-8/h4,6-7,9H,2-3H2,1H3. The van der Waals surface area contributed by atoms with E-state index in [0.717, 1.165) is 10.0 Å². The van der Waals surface area contributed by atoms with Gasteiger partial charge in [-0.1, -0.05) is 0 Å². The van der Waals surface area contributed by atoms with Crippen molar-refractivity contribution in [3.05, 3.63) is 28.5 Å². The molecule has 0 amide bonds. The van der Waals surface area contributed by atoms with Crippen molar-refractivity contribution in [2.45, 2.75) is 13.3 Å². The number of nitriles is 1. The molecule has 1 aromatic heterocycles. The van der Waals surface area contributed by atoms with Crippen LogP contribution in [0.25, 0.3) is 0 Å². The maximum Gasteiger partial charge on any atom is 0.323 e. The highest BCUT2D eigenvalue weighted by Crippen LogP contribution is 2.14. The lowest BCUT2D eigenvalue weighted by molar-refractivity contribution is -0.145. The van der Waals surface area contributed by atoms with E-state index in [-0.39, 0.29) is 6.61 Å². The number of hydrogen-bond donors (Lipinski definition) is 0. The molecule has 0 aliphatic heterocycles. The Labute approximate surface area is 102 Å². The van der Waals surface area contributed by atoms with Crippen LogP contribution in [0.3, 0.4) is 0 Å². The minimum absolute atomic E-state index is 0.285. The van der Waals surface area contributed by atoms with Gasteiger partial charge in [-0.25, -0.2) is 0 Å². The first kappa shape index (κ1) is 12.7. The van der Waals surface area contributed by atoms with E-state index in [2.05, 4.69) is 20.9 Å². The van der Waals surface area contributed by atoms with Gasteiger partial charge in [0.2, 0.25) is 0 Å². The van der Waals surface area contributed by atoms with Crippen molar-refractivity contribution in [1.29, 1.82) is 5.26 Å². The molecule has 0 saturated carbocycles. The maximum absolute atomic E-state index is 11.4. The second-order valence-corrected chi connectivity index (χ2v) is 4.06. The largest absolute Gasteiger partial charge is 0.465 e. The van der Waals surface area contributed by atoms with E-state index in [9.17, 15) is 4.79 Å². The monoisotopic (exact) mass is 282 g/mol. The summed E-state index contributed by atoms with van der Waals surface area (Å²) in [7, 11) is 0. The fourth-order valence-electron chi connectivity index (χ4n) is 1.23. The van der Waals surface area contributed by atoms with Crippen molar-refractivity contribution in [2.75, 3.05) is 6.61 Å². The van der Waals surface area contributed by atoms with Crippen molar-refractivity contribution < 1.29 is 9.53 Å². The van der Waals surface area contributed by atoms with Crippen LogP contribution in [-0.2, 0) is 16.0 Å². The summed E-state index contributed by atoms with van der Waals surface area (Å²) in [5.41, 5.74) is 0.828. The number of nitrogens with zero attached hydrogens (tertiary/aromatic N) is 2. The summed E-state index contributed by atoms with van der Waals surface area (Å²) in [4.78, 5) is 15.4. The average Bonchev–Trinajstić information content (AvgIpc) is 2.26. The Hall–Kier alpha value is -1.41. The van der Waals surface area contributed by atoms with Crippen LogP contribution in [0.15, 0.2) is 22.9 Å². The first-order valence-electron chi connectivity index (χ1n) is 4.83. The summed E-state index contributed by atoms with van der Waals surface area (Å²) < 4.78 is 5.63. The third-order valence-electron chi connectivity index (χ3n) is 1.93. The minimum atomic E-state index is -0.768. The second-order valence-electron chi connectivity index (χ2n) is 3.15. The molecular weight excluding hydrogens is 272 g/mol. The molecule has 1 atom stereocenters. The highest BCUT2D eigenvalue weighted by atomic mass is 79.9. The Kier molecular flexibility index (Phi) is 4.93. The Morgan fingerprint density at radius 2 is 2.44 bits per heavy atom. The van der Waals surface area contributed by atoms with E-state index in [4.69, 9.17) is 10.00 Å². The molecule has 1 aromatic rings. The first-order valence-corrected chi connectivity index (χ1v) is 5.62. The zero-order valence-corrected chi connectivity index (χ0v) is 10.4. The fraction of sp³-hybridized carbons (Fsp3) is 0.364. The van der Waals surface area contributed by atoms with Gasteiger partial charge in [0.05, 0.1) is 12.7 Å². The number of halogens is 1. The molecule has 0 radical (unpaired) electrons. The van der Waals surface area contributed by atoms with E-state index in [1.54, 1.807) is 19.3 Å². The molecule has 0 fully saturated rings. The number of pyridine rings is 1. The predicted octanol–water partition coefficient (Wildman–Crippen LogP) is 2.09. The van der Waals surface area contributed by atoms with Gasteiger partial charge < -0.3 is 4.74 Å². The lowest BCUT2D eigenvalue weighted by Crippen LogP contribution is -2.18. The predicted molar refractivity (Wildman–Crippen MR) is 61.4 cm³/mol. The van der Waals surface area contributed by atoms with E-state index in [1.807, 2.05) is 12.1 Å². The number of ether oxygens (including phenoxy) is 1. The van der Waals surface area contributed by atoms with Crippen molar-refractivity contribution in [3.63, 3.8) is 0 Å². The molecule has 0 bridgehead atoms. The van der Waals surface area contributed by atoms with Crippen LogP contribution in [0.4, 0.5) is 0 Å². The molecule has 1 unspecified atom stereocenters. The number of hydrogen-bond acceptors (Lipinski definition) is 4. The molecule has 1 rings (SSSR count). The van der Waals surface area contributed by atoms with E-state index in [1.165, 1.54) is 0 Å². The lowest BCUT2D eigenvalue weighted by Gasteiger charge is -2.07. The zero-order valence-electron chi connectivity index (χ0n) is 8.81. The summed E-state index contributed by atoms with van der Waals surface area (Å²) in [6, 6.07) is 3.77. The zero-order chi connectivity index (χ0) is 12.0. The molecular formula is C11H11BrN2O2. The summed E-state index contributed by atoms with van der Waals surface area (Å²) in [6.07, 6.45) is 3.60. The summed E-state index contributed by atoms with van der Waals surface area (Å²) >= 11 is 3.28. The quantitative estimate of drug-likeness (QED) is 0.794. The number of rotatable bonds is 4. The molecule has 16 heavy (non-hydrogen) atoms. The van der Waals surface area contributed by atoms with Crippen LogP contribution in [0, 0.1) is 17.2 Å². The number of esters is 1. The van der Waals surface area contributed by atoms with Gasteiger partial charge in [-0.15, -0.1) is 0 Å². The molecule has 0 aliphatic carbocycles. The number of aromatic nitrogens is 1. The molecule has 0 N–H and O–H groups in total. The van der Waals surface area contributed by atoms with Crippen molar-refractivity contribution >= 4 is 21.9 Å². The summed E-state index contributed by atoms with van der Waals surface area (Å²) in [5.74, 6) is -1.25. The van der Waals surface area contributed by atoms with Gasteiger partial charge in [-0.3, -0.25) is 9.78 Å². The van der Waals surface area contributed by atoms with Crippen LogP contribution < -0.4 is 0 Å². The van der Waals surface area contributed by atoms with Crippen molar-refractivity contribution in [2.24, 2.45) is 5.92 Å². The Balaban J connectivity index is 2.71. The van der Waals surface area contributed by atoms with Crippen molar-refractivity contribution in [3.8, 4) is 6.07 Å². The van der Waals surface area contributed by atoms with E-state index < -0.39 is 11.9 Å².